The second-order valence-electron chi connectivity index (χ2n) is 5.02. The van der Waals surface area contributed by atoms with Crippen LogP contribution in [0.2, 0.25) is 0 Å². The summed E-state index contributed by atoms with van der Waals surface area (Å²) >= 11 is 0. The number of nitrogens with two attached hydrogens (primary N) is 1. The lowest BCUT2D eigenvalue weighted by atomic mass is 10.1. The topological polar surface area (TPSA) is 35.2 Å². The molecule has 0 spiro atoms. The van der Waals surface area contributed by atoms with Crippen molar-refractivity contribution in [2.24, 2.45) is 5.73 Å². The van der Waals surface area contributed by atoms with Gasteiger partial charge in [-0.3, -0.25) is 0 Å². The Hall–Kier alpha value is -1.80. The number of ether oxygens (including phenoxy) is 1. The standard InChI is InChI=1S/C17H21NO/c1-12-5-8-15(9-6-12)17(11-18)19-16-10-13(2)4-7-14(16)3/h4-10,17H,11,18H2,1-3H3. The van der Waals surface area contributed by atoms with Crippen LogP contribution < -0.4 is 10.5 Å². The van der Waals surface area contributed by atoms with Crippen LogP contribution in [-0.2, 0) is 0 Å². The third kappa shape index (κ3) is 3.36. The normalized spacial score (nSPS) is 12.2. The second-order valence-corrected chi connectivity index (χ2v) is 5.02. The van der Waals surface area contributed by atoms with Gasteiger partial charge in [0.05, 0.1) is 0 Å². The van der Waals surface area contributed by atoms with E-state index >= 15 is 0 Å². The zero-order chi connectivity index (χ0) is 13.8. The molecule has 2 aromatic carbocycles. The summed E-state index contributed by atoms with van der Waals surface area (Å²) in [6.07, 6.45) is -0.0962. The third-order valence-electron chi connectivity index (χ3n) is 3.28. The summed E-state index contributed by atoms with van der Waals surface area (Å²) in [5.41, 5.74) is 10.5. The summed E-state index contributed by atoms with van der Waals surface area (Å²) in [7, 11) is 0. The average molecular weight is 255 g/mol. The molecule has 2 aromatic rings. The van der Waals surface area contributed by atoms with Gasteiger partial charge in [-0.15, -0.1) is 0 Å². The Morgan fingerprint density at radius 3 is 2.21 bits per heavy atom. The molecule has 0 heterocycles. The summed E-state index contributed by atoms with van der Waals surface area (Å²) in [5, 5.41) is 0. The summed E-state index contributed by atoms with van der Waals surface area (Å²) in [5.74, 6) is 0.913. The van der Waals surface area contributed by atoms with Crippen LogP contribution in [-0.4, -0.2) is 6.54 Å². The van der Waals surface area contributed by atoms with Crippen LogP contribution in [0.1, 0.15) is 28.4 Å². The van der Waals surface area contributed by atoms with Gasteiger partial charge in [-0.2, -0.15) is 0 Å². The maximum absolute atomic E-state index is 6.08. The van der Waals surface area contributed by atoms with Gasteiger partial charge in [0.1, 0.15) is 11.9 Å². The van der Waals surface area contributed by atoms with Gasteiger partial charge >= 0.3 is 0 Å². The molecule has 1 atom stereocenters. The van der Waals surface area contributed by atoms with Crippen molar-refractivity contribution < 1.29 is 4.74 Å². The summed E-state index contributed by atoms with van der Waals surface area (Å²) in [4.78, 5) is 0. The minimum absolute atomic E-state index is 0.0962. The highest BCUT2D eigenvalue weighted by atomic mass is 16.5. The van der Waals surface area contributed by atoms with Gasteiger partial charge in [-0.25, -0.2) is 0 Å². The first-order chi connectivity index (χ1) is 9.10. The molecule has 100 valence electrons. The molecule has 0 bridgehead atoms. The van der Waals surface area contributed by atoms with E-state index in [0.717, 1.165) is 16.9 Å². The van der Waals surface area contributed by atoms with Crippen molar-refractivity contribution in [1.82, 2.24) is 0 Å². The Kier molecular flexibility index (Phi) is 4.23. The molecule has 19 heavy (non-hydrogen) atoms. The van der Waals surface area contributed by atoms with Crippen LogP contribution in [0.3, 0.4) is 0 Å². The highest BCUT2D eigenvalue weighted by Gasteiger charge is 2.12. The first-order valence-electron chi connectivity index (χ1n) is 6.60. The van der Waals surface area contributed by atoms with E-state index in [2.05, 4.69) is 63.2 Å². The van der Waals surface area contributed by atoms with E-state index in [1.165, 1.54) is 11.1 Å². The van der Waals surface area contributed by atoms with Crippen molar-refractivity contribution in [2.75, 3.05) is 6.54 Å². The van der Waals surface area contributed by atoms with Gasteiger partial charge in [0.2, 0.25) is 0 Å². The Balaban J connectivity index is 2.23. The highest BCUT2D eigenvalue weighted by molar-refractivity contribution is 5.37. The Morgan fingerprint density at radius 1 is 0.947 bits per heavy atom. The van der Waals surface area contributed by atoms with E-state index in [1.807, 2.05) is 0 Å². The van der Waals surface area contributed by atoms with E-state index in [4.69, 9.17) is 10.5 Å². The maximum atomic E-state index is 6.08. The summed E-state index contributed by atoms with van der Waals surface area (Å²) in [6.45, 7) is 6.66. The minimum atomic E-state index is -0.0962. The molecule has 0 aromatic heterocycles. The monoisotopic (exact) mass is 255 g/mol. The van der Waals surface area contributed by atoms with Crippen molar-refractivity contribution in [2.45, 2.75) is 26.9 Å². The molecule has 0 aliphatic heterocycles. The number of aryl methyl sites for hydroxylation is 3. The molecule has 2 nitrogen and oxygen atoms in total. The first-order valence-corrected chi connectivity index (χ1v) is 6.60. The molecular formula is C17H21NO. The van der Waals surface area contributed by atoms with Gasteiger partial charge in [0.15, 0.2) is 0 Å². The first kappa shape index (κ1) is 13.6. The van der Waals surface area contributed by atoms with Crippen LogP contribution in [0, 0.1) is 20.8 Å². The van der Waals surface area contributed by atoms with E-state index in [9.17, 15) is 0 Å². The smallest absolute Gasteiger partial charge is 0.136 e. The lowest BCUT2D eigenvalue weighted by Gasteiger charge is -2.19. The molecule has 2 heteroatoms. The average Bonchev–Trinajstić information content (AvgIpc) is 2.41. The molecule has 0 aliphatic rings. The van der Waals surface area contributed by atoms with Crippen molar-refractivity contribution >= 4 is 0 Å². The minimum Gasteiger partial charge on any atom is -0.484 e. The zero-order valence-corrected chi connectivity index (χ0v) is 11.8. The number of hydrogen-bond acceptors (Lipinski definition) is 2. The van der Waals surface area contributed by atoms with Crippen molar-refractivity contribution in [3.63, 3.8) is 0 Å². The Labute approximate surface area is 115 Å². The van der Waals surface area contributed by atoms with Gasteiger partial charge in [-0.1, -0.05) is 42.0 Å². The van der Waals surface area contributed by atoms with E-state index in [1.54, 1.807) is 0 Å². The largest absolute Gasteiger partial charge is 0.484 e. The van der Waals surface area contributed by atoms with Crippen LogP contribution in [0.4, 0.5) is 0 Å². The van der Waals surface area contributed by atoms with Crippen molar-refractivity contribution in [1.29, 1.82) is 0 Å². The van der Waals surface area contributed by atoms with Gasteiger partial charge in [0, 0.05) is 6.54 Å². The molecule has 1 unspecified atom stereocenters. The predicted molar refractivity (Wildman–Crippen MR) is 79.5 cm³/mol. The number of rotatable bonds is 4. The molecule has 0 fully saturated rings. The fraction of sp³-hybridized carbons (Fsp3) is 0.294. The van der Waals surface area contributed by atoms with E-state index in [-0.39, 0.29) is 6.10 Å². The molecule has 2 N–H and O–H groups in total. The second kappa shape index (κ2) is 5.89. The molecule has 0 saturated heterocycles. The summed E-state index contributed by atoms with van der Waals surface area (Å²) in [6, 6.07) is 14.6. The predicted octanol–water partition coefficient (Wildman–Crippen LogP) is 3.69. The maximum Gasteiger partial charge on any atom is 0.136 e. The van der Waals surface area contributed by atoms with Crippen molar-refractivity contribution in [3.8, 4) is 5.75 Å². The van der Waals surface area contributed by atoms with Crippen LogP contribution >= 0.6 is 0 Å². The zero-order valence-electron chi connectivity index (χ0n) is 11.8. The Morgan fingerprint density at radius 2 is 1.58 bits per heavy atom. The Bertz CT molecular complexity index is 546. The fourth-order valence-electron chi connectivity index (χ4n) is 2.02. The SMILES string of the molecule is Cc1ccc(C(CN)Oc2cc(C)ccc2C)cc1. The van der Waals surface area contributed by atoms with Crippen molar-refractivity contribution in [3.05, 3.63) is 64.7 Å². The summed E-state index contributed by atoms with van der Waals surface area (Å²) < 4.78 is 6.08. The fourth-order valence-corrected chi connectivity index (χ4v) is 2.02. The highest BCUT2D eigenvalue weighted by Crippen LogP contribution is 2.25. The van der Waals surface area contributed by atoms with Crippen LogP contribution in [0.15, 0.2) is 42.5 Å². The molecule has 0 saturated carbocycles. The number of hydrogen-bond donors (Lipinski definition) is 1. The van der Waals surface area contributed by atoms with Gasteiger partial charge in [-0.05, 0) is 43.5 Å². The lowest BCUT2D eigenvalue weighted by Crippen LogP contribution is -2.18. The van der Waals surface area contributed by atoms with E-state index < -0.39 is 0 Å². The lowest BCUT2D eigenvalue weighted by molar-refractivity contribution is 0.212. The quantitative estimate of drug-likeness (QED) is 0.904. The number of benzene rings is 2. The van der Waals surface area contributed by atoms with E-state index in [0.29, 0.717) is 6.54 Å². The molecule has 0 amide bonds. The third-order valence-corrected chi connectivity index (χ3v) is 3.28. The molecular weight excluding hydrogens is 234 g/mol. The van der Waals surface area contributed by atoms with Crippen LogP contribution in [0.5, 0.6) is 5.75 Å². The molecule has 0 radical (unpaired) electrons. The molecule has 0 aliphatic carbocycles. The van der Waals surface area contributed by atoms with Gasteiger partial charge in [0.25, 0.3) is 0 Å². The van der Waals surface area contributed by atoms with Crippen LogP contribution in [0.25, 0.3) is 0 Å². The molecule has 2 rings (SSSR count). The van der Waals surface area contributed by atoms with Gasteiger partial charge < -0.3 is 10.5 Å².